The van der Waals surface area contributed by atoms with Gasteiger partial charge in [0.05, 0.1) is 20.8 Å². The number of piperazine rings is 1. The van der Waals surface area contributed by atoms with E-state index in [0.717, 1.165) is 18.7 Å². The first-order valence-corrected chi connectivity index (χ1v) is 10.2. The average Bonchev–Trinajstić information content (AvgIpc) is 3.27. The van der Waals surface area contributed by atoms with Crippen LogP contribution in [0, 0.1) is 6.92 Å². The molecule has 1 aliphatic heterocycles. The zero-order valence-electron chi connectivity index (χ0n) is 18.0. The van der Waals surface area contributed by atoms with E-state index < -0.39 is 0 Å². The van der Waals surface area contributed by atoms with Gasteiger partial charge in [0.1, 0.15) is 11.5 Å². The molecule has 1 aliphatic rings. The number of methoxy groups -OCH3 is 2. The number of hydrogen-bond donors (Lipinski definition) is 0. The Morgan fingerprint density at radius 2 is 1.65 bits per heavy atom. The molecule has 8 nitrogen and oxygen atoms in total. The number of carbonyl (C=O) groups excluding carboxylic acids is 1. The van der Waals surface area contributed by atoms with Gasteiger partial charge in [-0.1, -0.05) is 22.9 Å². The minimum Gasteiger partial charge on any atom is -0.497 e. The minimum atomic E-state index is -0.0296. The summed E-state index contributed by atoms with van der Waals surface area (Å²) in [6, 6.07) is 13.2. The number of hydrogen-bond acceptors (Lipinski definition) is 7. The van der Waals surface area contributed by atoms with Crippen LogP contribution in [-0.2, 0) is 6.54 Å². The van der Waals surface area contributed by atoms with Crippen molar-refractivity contribution >= 4 is 5.91 Å². The Labute approximate surface area is 181 Å². The second kappa shape index (κ2) is 9.18. The highest BCUT2D eigenvalue weighted by molar-refractivity contribution is 5.95. The third-order valence-corrected chi connectivity index (χ3v) is 5.39. The number of aromatic nitrogens is 2. The molecule has 1 saturated heterocycles. The Balaban J connectivity index is 1.35. The number of nitrogens with zero attached hydrogens (tertiary/aromatic N) is 4. The van der Waals surface area contributed by atoms with Gasteiger partial charge in [-0.3, -0.25) is 9.69 Å². The number of rotatable bonds is 6. The third kappa shape index (κ3) is 4.86. The summed E-state index contributed by atoms with van der Waals surface area (Å²) in [5.74, 6) is 2.34. The fourth-order valence-electron chi connectivity index (χ4n) is 3.55. The van der Waals surface area contributed by atoms with Crippen LogP contribution in [0.25, 0.3) is 11.5 Å². The molecule has 4 rings (SSSR count). The average molecular weight is 422 g/mol. The quantitative estimate of drug-likeness (QED) is 0.604. The summed E-state index contributed by atoms with van der Waals surface area (Å²) < 4.78 is 16.0. The Bertz CT molecular complexity index is 1020. The minimum absolute atomic E-state index is 0.0296. The monoisotopic (exact) mass is 422 g/mol. The van der Waals surface area contributed by atoms with Gasteiger partial charge >= 0.3 is 0 Å². The maximum Gasteiger partial charge on any atom is 0.257 e. The second-order valence-electron chi connectivity index (χ2n) is 7.55. The molecule has 2 aromatic carbocycles. The van der Waals surface area contributed by atoms with Crippen LogP contribution in [0.1, 0.15) is 21.7 Å². The maximum atomic E-state index is 12.9. The molecule has 162 valence electrons. The van der Waals surface area contributed by atoms with Crippen molar-refractivity contribution in [1.82, 2.24) is 19.9 Å². The van der Waals surface area contributed by atoms with Crippen LogP contribution >= 0.6 is 0 Å². The van der Waals surface area contributed by atoms with E-state index in [1.54, 1.807) is 32.4 Å². The first kappa shape index (κ1) is 20.9. The third-order valence-electron chi connectivity index (χ3n) is 5.39. The van der Waals surface area contributed by atoms with E-state index in [1.165, 1.54) is 5.56 Å². The standard InChI is InChI=1S/C23H26N4O4/c1-16-4-6-17(7-5-16)22-24-21(25-31-22)15-26-8-10-27(11-9-26)23(28)18-12-19(29-2)14-20(13-18)30-3/h4-7,12-14H,8-11,15H2,1-3H3. The summed E-state index contributed by atoms with van der Waals surface area (Å²) in [5, 5.41) is 4.11. The molecule has 0 aliphatic carbocycles. The molecule has 0 N–H and O–H groups in total. The SMILES string of the molecule is COc1cc(OC)cc(C(=O)N2CCN(Cc3noc(-c4ccc(C)cc4)n3)CC2)c1. The van der Waals surface area contributed by atoms with E-state index in [2.05, 4.69) is 15.0 Å². The van der Waals surface area contributed by atoms with Gasteiger partial charge in [0, 0.05) is 43.4 Å². The van der Waals surface area contributed by atoms with Crippen molar-refractivity contribution in [2.75, 3.05) is 40.4 Å². The molecule has 1 fully saturated rings. The number of amides is 1. The summed E-state index contributed by atoms with van der Waals surface area (Å²) in [5.41, 5.74) is 2.65. The second-order valence-corrected chi connectivity index (χ2v) is 7.55. The van der Waals surface area contributed by atoms with Crippen molar-refractivity contribution in [2.24, 2.45) is 0 Å². The van der Waals surface area contributed by atoms with Crippen LogP contribution in [0.15, 0.2) is 47.0 Å². The largest absolute Gasteiger partial charge is 0.497 e. The van der Waals surface area contributed by atoms with Crippen molar-refractivity contribution < 1.29 is 18.8 Å². The number of ether oxygens (including phenoxy) is 2. The van der Waals surface area contributed by atoms with E-state index in [1.807, 2.05) is 36.1 Å². The maximum absolute atomic E-state index is 12.9. The highest BCUT2D eigenvalue weighted by Gasteiger charge is 2.24. The van der Waals surface area contributed by atoms with Crippen LogP contribution in [0.2, 0.25) is 0 Å². The molecule has 0 radical (unpaired) electrons. The molecular weight excluding hydrogens is 396 g/mol. The summed E-state index contributed by atoms with van der Waals surface area (Å²) in [7, 11) is 3.15. The van der Waals surface area contributed by atoms with Gasteiger partial charge < -0.3 is 18.9 Å². The molecule has 31 heavy (non-hydrogen) atoms. The number of carbonyl (C=O) groups is 1. The topological polar surface area (TPSA) is 80.9 Å². The van der Waals surface area contributed by atoms with Gasteiger partial charge in [0.25, 0.3) is 11.8 Å². The molecular formula is C23H26N4O4. The van der Waals surface area contributed by atoms with Gasteiger partial charge in [-0.15, -0.1) is 0 Å². The predicted octanol–water partition coefficient (Wildman–Crippen LogP) is 3.02. The highest BCUT2D eigenvalue weighted by atomic mass is 16.5. The van der Waals surface area contributed by atoms with E-state index in [-0.39, 0.29) is 5.91 Å². The summed E-state index contributed by atoms with van der Waals surface area (Å²) >= 11 is 0. The number of aryl methyl sites for hydroxylation is 1. The number of benzene rings is 2. The molecule has 0 spiro atoms. The lowest BCUT2D eigenvalue weighted by molar-refractivity contribution is 0.0623. The Kier molecular flexibility index (Phi) is 6.18. The molecule has 0 saturated carbocycles. The van der Waals surface area contributed by atoms with Gasteiger partial charge in [0.2, 0.25) is 0 Å². The molecule has 8 heteroatoms. The van der Waals surface area contributed by atoms with Crippen LogP contribution in [0.3, 0.4) is 0 Å². The van der Waals surface area contributed by atoms with E-state index in [0.29, 0.717) is 48.4 Å². The zero-order chi connectivity index (χ0) is 21.8. The lowest BCUT2D eigenvalue weighted by Crippen LogP contribution is -2.48. The van der Waals surface area contributed by atoms with Crippen molar-refractivity contribution in [2.45, 2.75) is 13.5 Å². The lowest BCUT2D eigenvalue weighted by atomic mass is 10.1. The van der Waals surface area contributed by atoms with Crippen molar-refractivity contribution in [1.29, 1.82) is 0 Å². The molecule has 1 amide bonds. The fraction of sp³-hybridized carbons (Fsp3) is 0.348. The molecule has 2 heterocycles. The predicted molar refractivity (Wildman–Crippen MR) is 115 cm³/mol. The molecule has 0 atom stereocenters. The van der Waals surface area contributed by atoms with Crippen LogP contribution < -0.4 is 9.47 Å². The fourth-order valence-corrected chi connectivity index (χ4v) is 3.55. The van der Waals surface area contributed by atoms with Crippen molar-refractivity contribution in [3.05, 3.63) is 59.4 Å². The van der Waals surface area contributed by atoms with Crippen LogP contribution in [0.5, 0.6) is 11.5 Å². The molecule has 1 aromatic heterocycles. The van der Waals surface area contributed by atoms with E-state index in [4.69, 9.17) is 14.0 Å². The smallest absolute Gasteiger partial charge is 0.257 e. The Morgan fingerprint density at radius 3 is 2.26 bits per heavy atom. The van der Waals surface area contributed by atoms with Gasteiger partial charge in [-0.05, 0) is 31.2 Å². The molecule has 0 unspecified atom stereocenters. The molecule has 0 bridgehead atoms. The molecule has 3 aromatic rings. The zero-order valence-corrected chi connectivity index (χ0v) is 18.0. The Morgan fingerprint density at radius 1 is 1.00 bits per heavy atom. The summed E-state index contributed by atoms with van der Waals surface area (Å²) in [4.78, 5) is 21.5. The van der Waals surface area contributed by atoms with E-state index >= 15 is 0 Å². The lowest BCUT2D eigenvalue weighted by Gasteiger charge is -2.34. The normalized spacial score (nSPS) is 14.5. The van der Waals surface area contributed by atoms with Crippen molar-refractivity contribution in [3.63, 3.8) is 0 Å². The summed E-state index contributed by atoms with van der Waals surface area (Å²) in [6.45, 7) is 5.35. The first-order valence-electron chi connectivity index (χ1n) is 10.2. The van der Waals surface area contributed by atoms with Crippen molar-refractivity contribution in [3.8, 4) is 23.0 Å². The first-order chi connectivity index (χ1) is 15.1. The Hall–Kier alpha value is -3.39. The van der Waals surface area contributed by atoms with Gasteiger partial charge in [-0.2, -0.15) is 4.98 Å². The van der Waals surface area contributed by atoms with Crippen LogP contribution in [0.4, 0.5) is 0 Å². The van der Waals surface area contributed by atoms with Crippen LogP contribution in [-0.4, -0.2) is 66.2 Å². The summed E-state index contributed by atoms with van der Waals surface area (Å²) in [6.07, 6.45) is 0. The van der Waals surface area contributed by atoms with Gasteiger partial charge in [-0.25, -0.2) is 0 Å². The van der Waals surface area contributed by atoms with E-state index in [9.17, 15) is 4.79 Å². The highest BCUT2D eigenvalue weighted by Crippen LogP contribution is 2.24. The van der Waals surface area contributed by atoms with Gasteiger partial charge in [0.15, 0.2) is 5.82 Å².